The third-order valence-corrected chi connectivity index (χ3v) is 7.71. The van der Waals surface area contributed by atoms with Crippen LogP contribution in [0.3, 0.4) is 0 Å². The smallest absolute Gasteiger partial charge is 0.231 e. The van der Waals surface area contributed by atoms with E-state index in [9.17, 15) is 24.2 Å². The number of hydrogen-bond donors (Lipinski definition) is 3. The predicted molar refractivity (Wildman–Crippen MR) is 148 cm³/mol. The van der Waals surface area contributed by atoms with E-state index in [1.165, 1.54) is 31.2 Å². The number of aromatic nitrogens is 2. The number of primary amides is 1. The molecule has 0 fully saturated rings. The zero-order valence-corrected chi connectivity index (χ0v) is 22.8. The zero-order chi connectivity index (χ0) is 29.0. The maximum Gasteiger partial charge on any atom is 0.231 e. The second kappa shape index (κ2) is 9.83. The van der Waals surface area contributed by atoms with E-state index in [2.05, 4.69) is 9.97 Å². The molecule has 0 radical (unpaired) electrons. The van der Waals surface area contributed by atoms with Gasteiger partial charge in [0.15, 0.2) is 5.78 Å². The van der Waals surface area contributed by atoms with E-state index in [-0.39, 0.29) is 58.7 Å². The lowest BCUT2D eigenvalue weighted by Gasteiger charge is -2.26. The number of aryl methyl sites for hydroxylation is 1. The van der Waals surface area contributed by atoms with Crippen molar-refractivity contribution in [3.63, 3.8) is 0 Å². The maximum atomic E-state index is 13.9. The van der Waals surface area contributed by atoms with Crippen molar-refractivity contribution in [3.8, 4) is 22.8 Å². The number of aliphatic hydroxyl groups is 1. The number of Topliss-reactive ketones (excluding diaryl/α,β-unsaturated/α-hetero) is 1. The Balaban J connectivity index is 1.51. The van der Waals surface area contributed by atoms with Crippen molar-refractivity contribution in [2.75, 3.05) is 6.61 Å². The van der Waals surface area contributed by atoms with Gasteiger partial charge in [0.2, 0.25) is 5.91 Å². The van der Waals surface area contributed by atoms with Gasteiger partial charge in [-0.2, -0.15) is 0 Å². The molecule has 0 saturated carbocycles. The van der Waals surface area contributed by atoms with Crippen LogP contribution in [0, 0.1) is 12.7 Å². The fourth-order valence-electron chi connectivity index (χ4n) is 4.83. The number of benzene rings is 2. The van der Waals surface area contributed by atoms with Crippen molar-refractivity contribution < 1.29 is 28.9 Å². The number of carbonyl (C=O) groups excluding carboxylic acids is 2. The number of ether oxygens (including phenoxy) is 1. The first-order valence-corrected chi connectivity index (χ1v) is 13.0. The molecule has 3 heterocycles. The van der Waals surface area contributed by atoms with Crippen LogP contribution >= 0.6 is 11.6 Å². The first kappa shape index (κ1) is 27.5. The Morgan fingerprint density at radius 2 is 1.98 bits per heavy atom. The molecule has 1 aliphatic rings. The molecule has 1 amide bonds. The Morgan fingerprint density at radius 1 is 1.23 bits per heavy atom. The number of aromatic hydroxyl groups is 1. The second-order valence-corrected chi connectivity index (χ2v) is 11.0. The summed E-state index contributed by atoms with van der Waals surface area (Å²) in [5.74, 6) is -1.35. The molecule has 0 bridgehead atoms. The Hall–Kier alpha value is -4.08. The first-order valence-electron chi connectivity index (χ1n) is 12.6. The van der Waals surface area contributed by atoms with E-state index in [0.717, 1.165) is 5.56 Å². The highest BCUT2D eigenvalue weighted by Crippen LogP contribution is 2.46. The predicted octanol–water partition coefficient (Wildman–Crippen LogP) is 5.11. The lowest BCUT2D eigenvalue weighted by molar-refractivity contribution is -0.123. The minimum Gasteiger partial charge on any atom is -0.506 e. The molecule has 206 valence electrons. The minimum atomic E-state index is -1.62. The van der Waals surface area contributed by atoms with Crippen molar-refractivity contribution >= 4 is 34.2 Å². The monoisotopic (exact) mass is 563 g/mol. The largest absolute Gasteiger partial charge is 0.506 e. The summed E-state index contributed by atoms with van der Waals surface area (Å²) >= 11 is 6.02. The van der Waals surface area contributed by atoms with E-state index in [4.69, 9.17) is 22.1 Å². The van der Waals surface area contributed by atoms with E-state index < -0.39 is 22.7 Å². The number of nitrogens with two attached hydrogens (primary N) is 1. The molecule has 0 spiro atoms. The molecule has 2 aromatic heterocycles. The van der Waals surface area contributed by atoms with Gasteiger partial charge in [0.1, 0.15) is 46.1 Å². The number of phenols is 1. The number of carbonyl (C=O) groups is 2. The van der Waals surface area contributed by atoms with E-state index in [0.29, 0.717) is 22.0 Å². The summed E-state index contributed by atoms with van der Waals surface area (Å²) in [7, 11) is 0. The maximum absolute atomic E-state index is 13.9. The lowest BCUT2D eigenvalue weighted by atomic mass is 9.81. The normalized spacial score (nSPS) is 17.8. The van der Waals surface area contributed by atoms with Crippen LogP contribution in [0.15, 0.2) is 48.7 Å². The third kappa shape index (κ3) is 4.76. The zero-order valence-electron chi connectivity index (χ0n) is 22.1. The molecule has 2 atom stereocenters. The highest BCUT2D eigenvalue weighted by molar-refractivity contribution is 6.31. The van der Waals surface area contributed by atoms with Gasteiger partial charge in [0.05, 0.1) is 10.7 Å². The van der Waals surface area contributed by atoms with Crippen molar-refractivity contribution in [1.82, 2.24) is 9.97 Å². The standard InChI is InChI=1S/C30H27ClFN3O5/c1-15-8-18-9-17(11-23(37)25(18)34-13-15)22(36)6-7-30(3,39)24-12-19-27(40-14-29(19,2)28(33)38)26(35-24)16-4-5-21(32)20(31)10-16/h4-5,8-13,37,39H,6-7,14H2,1-3H3,(H2,33,38)/t29-,30-/m0/s1. The summed E-state index contributed by atoms with van der Waals surface area (Å²) in [6.45, 7) is 4.97. The number of amides is 1. The number of rotatable bonds is 7. The van der Waals surface area contributed by atoms with Crippen LogP contribution in [0.5, 0.6) is 11.5 Å². The number of fused-ring (bicyclic) bond motifs is 2. The summed E-state index contributed by atoms with van der Waals surface area (Å²) in [6.07, 6.45) is 1.53. The van der Waals surface area contributed by atoms with Gasteiger partial charge in [-0.1, -0.05) is 11.6 Å². The summed E-state index contributed by atoms with van der Waals surface area (Å²) in [6, 6.07) is 10.4. The average molecular weight is 564 g/mol. The molecule has 1 aliphatic heterocycles. The number of pyridine rings is 2. The molecule has 0 aliphatic carbocycles. The fraction of sp³-hybridized carbons (Fsp3) is 0.267. The van der Waals surface area contributed by atoms with Crippen LogP contribution in [0.25, 0.3) is 22.2 Å². The van der Waals surface area contributed by atoms with Gasteiger partial charge in [0, 0.05) is 34.7 Å². The molecular formula is C30H27ClFN3O5. The van der Waals surface area contributed by atoms with Crippen LogP contribution in [0.4, 0.5) is 4.39 Å². The third-order valence-electron chi connectivity index (χ3n) is 7.42. The highest BCUT2D eigenvalue weighted by Gasteiger charge is 2.45. The fourth-order valence-corrected chi connectivity index (χ4v) is 5.01. The summed E-state index contributed by atoms with van der Waals surface area (Å²) in [4.78, 5) is 34.4. The number of ketones is 1. The van der Waals surface area contributed by atoms with Crippen LogP contribution in [0.2, 0.25) is 5.02 Å². The van der Waals surface area contributed by atoms with Gasteiger partial charge in [-0.05, 0) is 75.2 Å². The van der Waals surface area contributed by atoms with Crippen LogP contribution < -0.4 is 10.5 Å². The molecule has 10 heteroatoms. The molecule has 2 aromatic carbocycles. The number of halogens is 2. The van der Waals surface area contributed by atoms with Gasteiger partial charge < -0.3 is 20.7 Å². The number of nitrogens with zero attached hydrogens (tertiary/aromatic N) is 2. The first-order chi connectivity index (χ1) is 18.8. The number of phenolic OH excluding ortho intramolecular Hbond substituents is 1. The molecule has 0 saturated heterocycles. The van der Waals surface area contributed by atoms with Gasteiger partial charge in [-0.25, -0.2) is 9.37 Å². The summed E-state index contributed by atoms with van der Waals surface area (Å²) < 4.78 is 19.7. The molecule has 0 unspecified atom stereocenters. The Morgan fingerprint density at radius 3 is 2.67 bits per heavy atom. The van der Waals surface area contributed by atoms with Gasteiger partial charge in [-0.15, -0.1) is 0 Å². The Labute approximate surface area is 234 Å². The molecular weight excluding hydrogens is 537 g/mol. The quantitative estimate of drug-likeness (QED) is 0.266. The highest BCUT2D eigenvalue weighted by atomic mass is 35.5. The topological polar surface area (TPSA) is 136 Å². The van der Waals surface area contributed by atoms with Crippen LogP contribution in [-0.2, 0) is 15.8 Å². The van der Waals surface area contributed by atoms with E-state index in [1.807, 2.05) is 13.0 Å². The van der Waals surface area contributed by atoms with Crippen LogP contribution in [0.1, 0.15) is 53.9 Å². The van der Waals surface area contributed by atoms with Crippen LogP contribution in [-0.4, -0.2) is 38.5 Å². The van der Waals surface area contributed by atoms with Crippen molar-refractivity contribution in [3.05, 3.63) is 81.9 Å². The van der Waals surface area contributed by atoms with E-state index in [1.54, 1.807) is 25.3 Å². The van der Waals surface area contributed by atoms with Crippen molar-refractivity contribution in [1.29, 1.82) is 0 Å². The van der Waals surface area contributed by atoms with Gasteiger partial charge in [0.25, 0.3) is 0 Å². The second-order valence-electron chi connectivity index (χ2n) is 10.6. The SMILES string of the molecule is Cc1cnc2c(O)cc(C(=O)CC[C@](C)(O)c3cc4c(c(-c5ccc(F)c(Cl)c5)n3)OC[C@]4(C)C(N)=O)cc2c1. The van der Waals surface area contributed by atoms with Gasteiger partial charge >= 0.3 is 0 Å². The van der Waals surface area contributed by atoms with Crippen molar-refractivity contribution in [2.45, 2.75) is 44.6 Å². The molecule has 4 aromatic rings. The molecule has 40 heavy (non-hydrogen) atoms. The van der Waals surface area contributed by atoms with E-state index >= 15 is 0 Å². The Kier molecular flexibility index (Phi) is 6.76. The lowest BCUT2D eigenvalue weighted by Crippen LogP contribution is -2.40. The molecule has 4 N–H and O–H groups in total. The average Bonchev–Trinajstić information content (AvgIpc) is 3.26. The molecule has 5 rings (SSSR count). The van der Waals surface area contributed by atoms with Gasteiger partial charge in [-0.3, -0.25) is 14.6 Å². The van der Waals surface area contributed by atoms with Crippen molar-refractivity contribution in [2.24, 2.45) is 5.73 Å². The minimum absolute atomic E-state index is 0.0275. The Bertz CT molecular complexity index is 1710. The summed E-state index contributed by atoms with van der Waals surface area (Å²) in [5, 5.41) is 22.4. The number of hydrogen-bond acceptors (Lipinski definition) is 7. The summed E-state index contributed by atoms with van der Waals surface area (Å²) in [5.41, 5.74) is 5.73. The molecule has 8 nitrogen and oxygen atoms in total.